The van der Waals surface area contributed by atoms with Crippen molar-refractivity contribution in [3.8, 4) is 27.9 Å². The van der Waals surface area contributed by atoms with Gasteiger partial charge in [-0.2, -0.15) is 0 Å². The average molecular weight is 579 g/mol. The van der Waals surface area contributed by atoms with Gasteiger partial charge in [0.05, 0.1) is 16.7 Å². The monoisotopic (exact) mass is 578 g/mol. The summed E-state index contributed by atoms with van der Waals surface area (Å²) in [5.74, 6) is 0. The zero-order valence-electron chi connectivity index (χ0n) is 25.7. The van der Waals surface area contributed by atoms with E-state index in [9.17, 15) is 0 Å². The van der Waals surface area contributed by atoms with Crippen LogP contribution in [0.4, 0.5) is 0 Å². The maximum Gasteiger partial charge on any atom is 0.0698 e. The Kier molecular flexibility index (Phi) is 7.33. The molecule has 0 N–H and O–H groups in total. The van der Waals surface area contributed by atoms with Gasteiger partial charge in [-0.25, -0.2) is 0 Å². The third-order valence-electron chi connectivity index (χ3n) is 8.74. The van der Waals surface area contributed by atoms with Crippen LogP contribution in [0.5, 0.6) is 0 Å². The van der Waals surface area contributed by atoms with Gasteiger partial charge < -0.3 is 4.57 Å². The van der Waals surface area contributed by atoms with Gasteiger partial charge in [0.15, 0.2) is 0 Å². The second kappa shape index (κ2) is 11.7. The lowest BCUT2D eigenvalue weighted by Gasteiger charge is -2.12. The van der Waals surface area contributed by atoms with E-state index in [4.69, 9.17) is 4.98 Å². The molecule has 0 bridgehead atoms. The van der Waals surface area contributed by atoms with Crippen LogP contribution < -0.4 is 0 Å². The number of pyridine rings is 1. The maximum absolute atomic E-state index is 4.72. The van der Waals surface area contributed by atoms with Crippen molar-refractivity contribution in [2.75, 3.05) is 0 Å². The minimum atomic E-state index is 0.931. The van der Waals surface area contributed by atoms with Gasteiger partial charge in [0, 0.05) is 33.6 Å². The minimum absolute atomic E-state index is 0.931. The molecule has 5 aromatic carbocycles. The predicted octanol–water partition coefficient (Wildman–Crippen LogP) is 11.8. The van der Waals surface area contributed by atoms with E-state index < -0.39 is 0 Å². The highest BCUT2D eigenvalue weighted by Crippen LogP contribution is 2.39. The van der Waals surface area contributed by atoms with Crippen molar-refractivity contribution in [3.05, 3.63) is 170 Å². The van der Waals surface area contributed by atoms with Gasteiger partial charge in [-0.15, -0.1) is 0 Å². The van der Waals surface area contributed by atoms with Crippen LogP contribution in [0.1, 0.15) is 25.1 Å². The summed E-state index contributed by atoms with van der Waals surface area (Å²) in [4.78, 5) is 4.72. The smallest absolute Gasteiger partial charge is 0.0698 e. The van der Waals surface area contributed by atoms with Crippen molar-refractivity contribution in [2.45, 2.75) is 13.8 Å². The number of hydrogen-bond donors (Lipinski definition) is 0. The Morgan fingerprint density at radius 1 is 0.600 bits per heavy atom. The number of aromatic nitrogens is 2. The van der Waals surface area contributed by atoms with Crippen molar-refractivity contribution < 1.29 is 0 Å². The molecule has 0 saturated carbocycles. The van der Waals surface area contributed by atoms with Crippen molar-refractivity contribution in [1.29, 1.82) is 0 Å². The molecule has 216 valence electrons. The lowest BCUT2D eigenvalue weighted by Crippen LogP contribution is -1.94. The Balaban J connectivity index is 1.42. The molecule has 0 radical (unpaired) electrons. The molecule has 45 heavy (non-hydrogen) atoms. The van der Waals surface area contributed by atoms with Gasteiger partial charge in [-0.3, -0.25) is 4.98 Å². The molecule has 0 aliphatic rings. The van der Waals surface area contributed by atoms with Crippen LogP contribution in [0.3, 0.4) is 0 Å². The van der Waals surface area contributed by atoms with Gasteiger partial charge in [-0.1, -0.05) is 116 Å². The second-order valence-corrected chi connectivity index (χ2v) is 11.2. The van der Waals surface area contributed by atoms with E-state index in [2.05, 4.69) is 146 Å². The van der Waals surface area contributed by atoms with Crippen LogP contribution in [-0.4, -0.2) is 9.55 Å². The quantitative estimate of drug-likeness (QED) is 0.172. The molecular formula is C43H34N2. The lowest BCUT2D eigenvalue weighted by molar-refractivity contribution is 1.19. The molecule has 0 spiro atoms. The summed E-state index contributed by atoms with van der Waals surface area (Å²) >= 11 is 0. The lowest BCUT2D eigenvalue weighted by atomic mass is 9.97. The molecule has 2 heterocycles. The van der Waals surface area contributed by atoms with E-state index in [-0.39, 0.29) is 0 Å². The Morgan fingerprint density at radius 2 is 1.29 bits per heavy atom. The molecule has 7 rings (SSSR count). The van der Waals surface area contributed by atoms with Crippen LogP contribution in [0.2, 0.25) is 0 Å². The molecule has 2 aromatic heterocycles. The van der Waals surface area contributed by atoms with E-state index >= 15 is 0 Å². The molecule has 0 amide bonds. The molecule has 0 atom stereocenters. The van der Waals surface area contributed by atoms with E-state index in [0.29, 0.717) is 0 Å². The van der Waals surface area contributed by atoms with Crippen LogP contribution in [-0.2, 0) is 0 Å². The van der Waals surface area contributed by atoms with Gasteiger partial charge in [-0.05, 0) is 89.0 Å². The third-order valence-corrected chi connectivity index (χ3v) is 8.74. The Hall–Kier alpha value is -5.73. The SMILES string of the molecule is C=C/C(=C\C)c1cccc(-c2ccc3c4ccc5cc(-c6ccc(/C(C=C)=C/C)nc6)ccc5c4n(-c4ccccc4)c3c2)c1. The number of allylic oxidation sites excluding steroid dienone is 6. The summed E-state index contributed by atoms with van der Waals surface area (Å²) in [7, 11) is 0. The summed E-state index contributed by atoms with van der Waals surface area (Å²) in [5.41, 5.74) is 12.4. The predicted molar refractivity (Wildman–Crippen MR) is 195 cm³/mol. The molecule has 0 aliphatic heterocycles. The second-order valence-electron chi connectivity index (χ2n) is 11.2. The number of rotatable bonds is 7. The van der Waals surface area contributed by atoms with E-state index in [1.54, 1.807) is 0 Å². The molecule has 0 unspecified atom stereocenters. The molecule has 2 nitrogen and oxygen atoms in total. The summed E-state index contributed by atoms with van der Waals surface area (Å²) in [6, 6.07) is 41.7. The van der Waals surface area contributed by atoms with Crippen LogP contribution in [0.25, 0.3) is 71.7 Å². The van der Waals surface area contributed by atoms with Gasteiger partial charge >= 0.3 is 0 Å². The number of nitrogens with zero attached hydrogens (tertiary/aromatic N) is 2. The fourth-order valence-corrected chi connectivity index (χ4v) is 6.43. The molecular weight excluding hydrogens is 544 g/mol. The number of para-hydroxylation sites is 1. The van der Waals surface area contributed by atoms with Crippen molar-refractivity contribution in [3.63, 3.8) is 0 Å². The van der Waals surface area contributed by atoms with Crippen molar-refractivity contribution in [1.82, 2.24) is 9.55 Å². The topological polar surface area (TPSA) is 17.8 Å². The first-order valence-corrected chi connectivity index (χ1v) is 15.3. The molecule has 2 heteroatoms. The Bertz CT molecular complexity index is 2300. The van der Waals surface area contributed by atoms with Crippen LogP contribution in [0, 0.1) is 0 Å². The standard InChI is InChI=1S/C43H34N2/c1-5-29(6-2)31-13-12-14-32(25-31)34-18-22-39-40-23-19-35-26-33(36-20-24-41(44-28-36)30(7-3)8-4)17-21-38(35)43(40)45(42(39)27-34)37-15-10-9-11-16-37/h5-28H,1,3H2,2,4H3/b29-6+,30-8+. The largest absolute Gasteiger partial charge is 0.309 e. The average Bonchev–Trinajstić information content (AvgIpc) is 3.44. The van der Waals surface area contributed by atoms with E-state index in [0.717, 1.165) is 33.7 Å². The summed E-state index contributed by atoms with van der Waals surface area (Å²) < 4.78 is 2.42. The number of hydrogen-bond acceptors (Lipinski definition) is 1. The zero-order chi connectivity index (χ0) is 30.9. The van der Waals surface area contributed by atoms with Crippen LogP contribution >= 0.6 is 0 Å². The number of benzene rings is 5. The first-order valence-electron chi connectivity index (χ1n) is 15.3. The summed E-state index contributed by atoms with van der Waals surface area (Å²) in [6.07, 6.45) is 9.85. The molecule has 0 fully saturated rings. The first-order chi connectivity index (χ1) is 22.1. The Labute approximate surface area is 264 Å². The first kappa shape index (κ1) is 28.1. The van der Waals surface area contributed by atoms with Crippen molar-refractivity contribution >= 4 is 43.7 Å². The number of fused-ring (bicyclic) bond motifs is 5. The van der Waals surface area contributed by atoms with E-state index in [1.165, 1.54) is 49.3 Å². The zero-order valence-corrected chi connectivity index (χ0v) is 25.7. The summed E-state index contributed by atoms with van der Waals surface area (Å²) in [5, 5.41) is 4.89. The molecule has 0 aliphatic carbocycles. The Morgan fingerprint density at radius 3 is 2.00 bits per heavy atom. The highest BCUT2D eigenvalue weighted by atomic mass is 15.0. The fourth-order valence-electron chi connectivity index (χ4n) is 6.43. The van der Waals surface area contributed by atoms with Gasteiger partial charge in [0.25, 0.3) is 0 Å². The van der Waals surface area contributed by atoms with Crippen LogP contribution in [0.15, 0.2) is 159 Å². The molecule has 7 aromatic rings. The minimum Gasteiger partial charge on any atom is -0.309 e. The maximum atomic E-state index is 4.72. The highest BCUT2D eigenvalue weighted by Gasteiger charge is 2.17. The normalized spacial score (nSPS) is 12.2. The summed E-state index contributed by atoms with van der Waals surface area (Å²) in [6.45, 7) is 12.0. The highest BCUT2D eigenvalue weighted by molar-refractivity contribution is 6.19. The third kappa shape index (κ3) is 4.91. The van der Waals surface area contributed by atoms with Gasteiger partial charge in [0.2, 0.25) is 0 Å². The van der Waals surface area contributed by atoms with Gasteiger partial charge in [0.1, 0.15) is 0 Å². The van der Waals surface area contributed by atoms with Crippen molar-refractivity contribution in [2.24, 2.45) is 0 Å². The fraction of sp³-hybridized carbons (Fsp3) is 0.0465. The van der Waals surface area contributed by atoms with E-state index in [1.807, 2.05) is 31.3 Å². The molecule has 0 saturated heterocycles.